The van der Waals surface area contributed by atoms with Gasteiger partial charge in [0.2, 0.25) is 0 Å². The number of carbonyl (C=O) groups excluding carboxylic acids is 1. The van der Waals surface area contributed by atoms with Crippen molar-refractivity contribution >= 4 is 57.8 Å². The molecule has 0 aromatic heterocycles. The van der Waals surface area contributed by atoms with Gasteiger partial charge in [-0.1, -0.05) is 71.7 Å². The van der Waals surface area contributed by atoms with Crippen molar-refractivity contribution in [2.24, 2.45) is 4.99 Å². The van der Waals surface area contributed by atoms with Crippen LogP contribution in [0.3, 0.4) is 0 Å². The Labute approximate surface area is 188 Å². The molecule has 1 amide bonds. The van der Waals surface area contributed by atoms with E-state index in [0.29, 0.717) is 38.0 Å². The Morgan fingerprint density at radius 3 is 2.27 bits per heavy atom. The Morgan fingerprint density at radius 1 is 0.967 bits per heavy atom. The van der Waals surface area contributed by atoms with Crippen LogP contribution in [0.4, 0.5) is 5.69 Å². The Morgan fingerprint density at radius 2 is 1.60 bits per heavy atom. The summed E-state index contributed by atoms with van der Waals surface area (Å²) in [6.45, 7) is 0.359. The van der Waals surface area contributed by atoms with Gasteiger partial charge in [0.1, 0.15) is 6.61 Å². The fourth-order valence-corrected chi connectivity index (χ4v) is 4.24. The Hall–Kier alpha value is -2.73. The molecule has 1 aliphatic heterocycles. The minimum Gasteiger partial charge on any atom is -0.486 e. The Balaban J connectivity index is 1.51. The van der Waals surface area contributed by atoms with E-state index in [1.54, 1.807) is 18.2 Å². The normalized spacial score (nSPS) is 16.1. The molecule has 0 spiro atoms. The minimum atomic E-state index is -0.216. The number of nitrogens with one attached hydrogen (secondary N) is 1. The molecular formula is C23H16Cl2N2O2S. The molecule has 3 aromatic carbocycles. The van der Waals surface area contributed by atoms with E-state index in [1.807, 2.05) is 60.7 Å². The third kappa shape index (κ3) is 5.05. The zero-order valence-electron chi connectivity index (χ0n) is 15.6. The van der Waals surface area contributed by atoms with Crippen LogP contribution in [0.5, 0.6) is 5.75 Å². The Bertz CT molecular complexity index is 1110. The van der Waals surface area contributed by atoms with Crippen LogP contribution in [-0.4, -0.2) is 11.1 Å². The average molecular weight is 455 g/mol. The topological polar surface area (TPSA) is 50.7 Å². The van der Waals surface area contributed by atoms with Gasteiger partial charge in [0.15, 0.2) is 10.9 Å². The number of hydrogen-bond donors (Lipinski definition) is 1. The number of carbonyl (C=O) groups is 1. The van der Waals surface area contributed by atoms with Crippen LogP contribution >= 0.6 is 35.0 Å². The number of ether oxygens (including phenoxy) is 1. The molecule has 0 atom stereocenters. The Kier molecular flexibility index (Phi) is 6.43. The van der Waals surface area contributed by atoms with Gasteiger partial charge >= 0.3 is 0 Å². The van der Waals surface area contributed by atoms with E-state index in [2.05, 4.69) is 10.3 Å². The van der Waals surface area contributed by atoms with Crippen LogP contribution in [0.15, 0.2) is 82.7 Å². The number of halogens is 2. The molecule has 4 rings (SSSR count). The fraction of sp³-hybridized carbons (Fsp3) is 0.0435. The quantitative estimate of drug-likeness (QED) is 0.449. The van der Waals surface area contributed by atoms with Crippen LogP contribution in [0, 0.1) is 0 Å². The number of amides is 1. The predicted octanol–water partition coefficient (Wildman–Crippen LogP) is 6.46. The minimum absolute atomic E-state index is 0.216. The third-order valence-corrected chi connectivity index (χ3v) is 5.65. The number of aliphatic imine (C=N–C) groups is 1. The van der Waals surface area contributed by atoms with Gasteiger partial charge in [0, 0.05) is 0 Å². The summed E-state index contributed by atoms with van der Waals surface area (Å²) in [5.74, 6) is 0.200. The number of thioether (sulfide) groups is 1. The molecular weight excluding hydrogens is 439 g/mol. The van der Waals surface area contributed by atoms with E-state index in [9.17, 15) is 4.79 Å². The number of benzene rings is 3. The molecule has 1 N–H and O–H groups in total. The van der Waals surface area contributed by atoms with Crippen molar-refractivity contribution in [2.45, 2.75) is 6.61 Å². The summed E-state index contributed by atoms with van der Waals surface area (Å²) in [7, 11) is 0. The number of nitrogens with zero attached hydrogens (tertiary/aromatic N) is 1. The highest BCUT2D eigenvalue weighted by Crippen LogP contribution is 2.36. The van der Waals surface area contributed by atoms with Crippen molar-refractivity contribution in [1.82, 2.24) is 5.32 Å². The second kappa shape index (κ2) is 9.39. The van der Waals surface area contributed by atoms with Crippen molar-refractivity contribution in [2.75, 3.05) is 0 Å². The SMILES string of the molecule is O=C1NC(=Nc2ccccc2)S/C1=C\c1cc(Cl)c(OCc2ccccc2)c(Cl)c1. The number of amidine groups is 1. The lowest BCUT2D eigenvalue weighted by molar-refractivity contribution is -0.115. The van der Waals surface area contributed by atoms with E-state index in [0.717, 1.165) is 11.3 Å². The third-order valence-electron chi connectivity index (χ3n) is 4.18. The summed E-state index contributed by atoms with van der Waals surface area (Å²) < 4.78 is 5.79. The van der Waals surface area contributed by atoms with E-state index >= 15 is 0 Å². The number of rotatable bonds is 5. The van der Waals surface area contributed by atoms with Gasteiger partial charge in [0.25, 0.3) is 5.91 Å². The fourth-order valence-electron chi connectivity index (χ4n) is 2.78. The monoisotopic (exact) mass is 454 g/mol. The van der Waals surface area contributed by atoms with Crippen molar-refractivity contribution in [3.05, 3.63) is 98.9 Å². The van der Waals surface area contributed by atoms with Crippen molar-refractivity contribution < 1.29 is 9.53 Å². The predicted molar refractivity (Wildman–Crippen MR) is 124 cm³/mol. The van der Waals surface area contributed by atoms with Crippen LogP contribution in [0.2, 0.25) is 10.0 Å². The largest absolute Gasteiger partial charge is 0.486 e. The van der Waals surface area contributed by atoms with Gasteiger partial charge in [-0.25, -0.2) is 4.99 Å². The van der Waals surface area contributed by atoms with E-state index < -0.39 is 0 Å². The molecule has 150 valence electrons. The molecule has 0 aliphatic carbocycles. The zero-order chi connectivity index (χ0) is 20.9. The van der Waals surface area contributed by atoms with Crippen LogP contribution in [0.1, 0.15) is 11.1 Å². The maximum atomic E-state index is 12.3. The van der Waals surface area contributed by atoms with Gasteiger partial charge in [-0.15, -0.1) is 0 Å². The van der Waals surface area contributed by atoms with Crippen LogP contribution < -0.4 is 10.1 Å². The highest BCUT2D eigenvalue weighted by molar-refractivity contribution is 8.18. The molecule has 1 heterocycles. The molecule has 0 unspecified atom stereocenters. The second-order valence-electron chi connectivity index (χ2n) is 6.41. The van der Waals surface area contributed by atoms with E-state index in [4.69, 9.17) is 27.9 Å². The van der Waals surface area contributed by atoms with Gasteiger partial charge in [0.05, 0.1) is 20.6 Å². The van der Waals surface area contributed by atoms with Crippen molar-refractivity contribution in [3.8, 4) is 5.75 Å². The standard InChI is InChI=1S/C23H16Cl2N2O2S/c24-18-11-16(12-19(25)21(18)29-14-15-7-3-1-4-8-15)13-20-22(28)27-23(30-20)26-17-9-5-2-6-10-17/h1-13H,14H2,(H,26,27,28)/b20-13-. The molecule has 1 fully saturated rings. The molecule has 7 heteroatoms. The molecule has 1 saturated heterocycles. The molecule has 4 nitrogen and oxygen atoms in total. The highest BCUT2D eigenvalue weighted by Gasteiger charge is 2.24. The summed E-state index contributed by atoms with van der Waals surface area (Å²) in [4.78, 5) is 17.3. The van der Waals surface area contributed by atoms with Crippen LogP contribution in [-0.2, 0) is 11.4 Å². The van der Waals surface area contributed by atoms with Gasteiger partial charge in [-0.2, -0.15) is 0 Å². The van der Waals surface area contributed by atoms with Crippen molar-refractivity contribution in [3.63, 3.8) is 0 Å². The summed E-state index contributed by atoms with van der Waals surface area (Å²) in [6.07, 6.45) is 1.73. The first-order chi connectivity index (χ1) is 14.6. The van der Waals surface area contributed by atoms with Crippen LogP contribution in [0.25, 0.3) is 6.08 Å². The molecule has 30 heavy (non-hydrogen) atoms. The lowest BCUT2D eigenvalue weighted by atomic mass is 10.2. The lowest BCUT2D eigenvalue weighted by Crippen LogP contribution is -2.19. The first-order valence-corrected chi connectivity index (χ1v) is 10.7. The number of para-hydroxylation sites is 1. The first-order valence-electron chi connectivity index (χ1n) is 9.09. The zero-order valence-corrected chi connectivity index (χ0v) is 18.0. The molecule has 1 aliphatic rings. The second-order valence-corrected chi connectivity index (χ2v) is 8.25. The van der Waals surface area contributed by atoms with E-state index in [1.165, 1.54) is 11.8 Å². The lowest BCUT2D eigenvalue weighted by Gasteiger charge is -2.11. The smallest absolute Gasteiger partial charge is 0.264 e. The summed E-state index contributed by atoms with van der Waals surface area (Å²) in [5.41, 5.74) is 2.49. The number of hydrogen-bond acceptors (Lipinski definition) is 4. The molecule has 3 aromatic rings. The van der Waals surface area contributed by atoms with Crippen molar-refractivity contribution in [1.29, 1.82) is 0 Å². The maximum Gasteiger partial charge on any atom is 0.264 e. The summed E-state index contributed by atoms with van der Waals surface area (Å²) in [6, 6.07) is 22.6. The van der Waals surface area contributed by atoms with Gasteiger partial charge in [-0.05, 0) is 53.2 Å². The maximum absolute atomic E-state index is 12.3. The van der Waals surface area contributed by atoms with Gasteiger partial charge < -0.3 is 10.1 Å². The summed E-state index contributed by atoms with van der Waals surface area (Å²) in [5, 5.41) is 4.05. The summed E-state index contributed by atoms with van der Waals surface area (Å²) >= 11 is 14.0. The average Bonchev–Trinajstić information content (AvgIpc) is 3.07. The molecule has 0 bridgehead atoms. The molecule has 0 saturated carbocycles. The first kappa shape index (κ1) is 20.5. The van der Waals surface area contributed by atoms with E-state index in [-0.39, 0.29) is 5.91 Å². The highest BCUT2D eigenvalue weighted by atomic mass is 35.5. The van der Waals surface area contributed by atoms with Gasteiger partial charge in [-0.3, -0.25) is 4.79 Å². The molecule has 0 radical (unpaired) electrons.